The lowest BCUT2D eigenvalue weighted by Crippen LogP contribution is -2.24. The molecule has 0 bridgehead atoms. The zero-order valence-electron chi connectivity index (χ0n) is 21.1. The first kappa shape index (κ1) is 25.3. The molecule has 1 aliphatic rings. The Labute approximate surface area is 216 Å². The summed E-state index contributed by atoms with van der Waals surface area (Å²) in [7, 11) is 3.27. The Balaban J connectivity index is 1.62. The number of amides is 1. The highest BCUT2D eigenvalue weighted by Gasteiger charge is 2.39. The van der Waals surface area contributed by atoms with Crippen LogP contribution in [0.3, 0.4) is 0 Å². The minimum atomic E-state index is -4.67. The van der Waals surface area contributed by atoms with Gasteiger partial charge in [-0.2, -0.15) is 18.3 Å². The summed E-state index contributed by atoms with van der Waals surface area (Å²) in [5.41, 5.74) is 1.51. The van der Waals surface area contributed by atoms with Gasteiger partial charge in [0.1, 0.15) is 5.75 Å². The predicted molar refractivity (Wildman–Crippen MR) is 131 cm³/mol. The van der Waals surface area contributed by atoms with Crippen molar-refractivity contribution in [3.05, 3.63) is 82.7 Å². The minimum Gasteiger partial charge on any atom is -0.497 e. The van der Waals surface area contributed by atoms with E-state index in [0.717, 1.165) is 0 Å². The van der Waals surface area contributed by atoms with E-state index in [0.29, 0.717) is 33.7 Å². The van der Waals surface area contributed by atoms with E-state index in [4.69, 9.17) is 10.1 Å². The topological polar surface area (TPSA) is 94.0 Å². The standard InChI is InChI=1S/C26H26F3N7O2/c1-4-36-15-22(23(32-36)26(27,28)29)19-9-16(12-34-8-7-33(2)25(34)30)10-20-21(19)14-35(24(20)37)13-17-11-18(38-3)5-6-31-17/h5-11,15,30H,4,12-14H2,1-3H3. The Bertz CT molecular complexity index is 1580. The van der Waals surface area contributed by atoms with Crippen molar-refractivity contribution < 1.29 is 22.7 Å². The van der Waals surface area contributed by atoms with Gasteiger partial charge in [0.15, 0.2) is 5.69 Å². The molecule has 198 valence electrons. The molecule has 5 rings (SSSR count). The number of rotatable bonds is 7. The Morgan fingerprint density at radius 3 is 2.53 bits per heavy atom. The van der Waals surface area contributed by atoms with Gasteiger partial charge in [-0.25, -0.2) is 0 Å². The van der Waals surface area contributed by atoms with Crippen LogP contribution < -0.4 is 10.4 Å². The first-order chi connectivity index (χ1) is 18.1. The molecule has 1 amide bonds. The third-order valence-electron chi connectivity index (χ3n) is 6.63. The van der Waals surface area contributed by atoms with Crippen LogP contribution >= 0.6 is 0 Å². The maximum atomic E-state index is 14.0. The van der Waals surface area contributed by atoms with E-state index in [9.17, 15) is 18.0 Å². The second-order valence-electron chi connectivity index (χ2n) is 9.12. The highest BCUT2D eigenvalue weighted by molar-refractivity contribution is 6.01. The molecule has 0 fully saturated rings. The molecular weight excluding hydrogens is 499 g/mol. The Hall–Kier alpha value is -4.35. The van der Waals surface area contributed by atoms with Crippen LogP contribution in [0.4, 0.5) is 13.2 Å². The maximum Gasteiger partial charge on any atom is 0.435 e. The van der Waals surface area contributed by atoms with Crippen LogP contribution in [0.25, 0.3) is 11.1 Å². The predicted octanol–water partition coefficient (Wildman–Crippen LogP) is 3.82. The van der Waals surface area contributed by atoms with Crippen molar-refractivity contribution in [2.45, 2.75) is 39.3 Å². The molecule has 9 nitrogen and oxygen atoms in total. The molecular formula is C26H26F3N7O2. The van der Waals surface area contributed by atoms with E-state index in [2.05, 4.69) is 10.1 Å². The molecule has 4 aromatic rings. The summed E-state index contributed by atoms with van der Waals surface area (Å²) in [6, 6.07) is 6.79. The smallest absolute Gasteiger partial charge is 0.435 e. The van der Waals surface area contributed by atoms with Crippen LogP contribution in [0.2, 0.25) is 0 Å². The molecule has 0 radical (unpaired) electrons. The molecule has 1 aromatic carbocycles. The average Bonchev–Trinajstić information content (AvgIpc) is 3.56. The molecule has 0 spiro atoms. The lowest BCUT2D eigenvalue weighted by molar-refractivity contribution is -0.141. The van der Waals surface area contributed by atoms with Gasteiger partial charge in [0, 0.05) is 62.1 Å². The Morgan fingerprint density at radius 2 is 1.87 bits per heavy atom. The summed E-state index contributed by atoms with van der Waals surface area (Å²) in [4.78, 5) is 19.4. The first-order valence-electron chi connectivity index (χ1n) is 11.9. The first-order valence-corrected chi connectivity index (χ1v) is 11.9. The third kappa shape index (κ3) is 4.57. The normalized spacial score (nSPS) is 13.3. The second kappa shape index (κ2) is 9.51. The van der Waals surface area contributed by atoms with E-state index >= 15 is 0 Å². The Kier molecular flexibility index (Phi) is 6.33. The molecule has 0 aliphatic carbocycles. The number of pyridine rings is 1. The van der Waals surface area contributed by atoms with Crippen LogP contribution in [-0.4, -0.2) is 41.8 Å². The van der Waals surface area contributed by atoms with E-state index < -0.39 is 11.9 Å². The largest absolute Gasteiger partial charge is 0.497 e. The lowest BCUT2D eigenvalue weighted by Gasteiger charge is -2.16. The number of nitrogens with one attached hydrogen (secondary N) is 1. The van der Waals surface area contributed by atoms with Gasteiger partial charge < -0.3 is 18.8 Å². The average molecular weight is 526 g/mol. The van der Waals surface area contributed by atoms with Crippen molar-refractivity contribution in [1.29, 1.82) is 5.41 Å². The number of methoxy groups -OCH3 is 1. The zero-order chi connectivity index (χ0) is 27.2. The fourth-order valence-corrected chi connectivity index (χ4v) is 4.69. The highest BCUT2D eigenvalue weighted by atomic mass is 19.4. The van der Waals surface area contributed by atoms with Gasteiger partial charge in [-0.05, 0) is 41.8 Å². The lowest BCUT2D eigenvalue weighted by atomic mass is 9.94. The highest BCUT2D eigenvalue weighted by Crippen LogP contribution is 2.41. The molecule has 12 heteroatoms. The van der Waals surface area contributed by atoms with Crippen molar-refractivity contribution in [3.63, 3.8) is 0 Å². The van der Waals surface area contributed by atoms with Gasteiger partial charge in [-0.3, -0.25) is 19.9 Å². The quantitative estimate of drug-likeness (QED) is 0.397. The van der Waals surface area contributed by atoms with Gasteiger partial charge >= 0.3 is 6.18 Å². The van der Waals surface area contributed by atoms with Crippen LogP contribution in [0, 0.1) is 5.41 Å². The Morgan fingerprint density at radius 1 is 1.11 bits per heavy atom. The number of hydrogen-bond acceptors (Lipinski definition) is 5. The van der Waals surface area contributed by atoms with E-state index in [1.54, 1.807) is 70.9 Å². The van der Waals surface area contributed by atoms with Crippen LogP contribution in [0.1, 0.15) is 39.8 Å². The molecule has 0 saturated carbocycles. The molecule has 38 heavy (non-hydrogen) atoms. The number of carbonyl (C=O) groups is 1. The van der Waals surface area contributed by atoms with Gasteiger partial charge in [0.25, 0.3) is 5.91 Å². The minimum absolute atomic E-state index is 0.0734. The zero-order valence-corrected chi connectivity index (χ0v) is 21.1. The third-order valence-corrected chi connectivity index (χ3v) is 6.63. The van der Waals surface area contributed by atoms with Crippen LogP contribution in [-0.2, 0) is 39.4 Å². The van der Waals surface area contributed by atoms with E-state index in [1.165, 1.54) is 18.0 Å². The number of hydrogen-bond donors (Lipinski definition) is 1. The summed E-state index contributed by atoms with van der Waals surface area (Å²) in [6.07, 6.45) is 1.72. The number of carbonyl (C=O) groups excluding carboxylic acids is 1. The van der Waals surface area contributed by atoms with Crippen molar-refractivity contribution >= 4 is 5.91 Å². The maximum absolute atomic E-state index is 14.0. The summed E-state index contributed by atoms with van der Waals surface area (Å²) in [6.45, 7) is 2.49. The number of benzene rings is 1. The number of aromatic nitrogens is 5. The molecule has 0 unspecified atom stereocenters. The number of halogens is 3. The molecule has 0 atom stereocenters. The second-order valence-corrected chi connectivity index (χ2v) is 9.12. The number of ether oxygens (including phenoxy) is 1. The number of fused-ring (bicyclic) bond motifs is 1. The van der Waals surface area contributed by atoms with Gasteiger partial charge in [-0.1, -0.05) is 0 Å². The van der Waals surface area contributed by atoms with Gasteiger partial charge in [-0.15, -0.1) is 0 Å². The van der Waals surface area contributed by atoms with Crippen molar-refractivity contribution in [2.24, 2.45) is 7.05 Å². The number of alkyl halides is 3. The van der Waals surface area contributed by atoms with Crippen molar-refractivity contribution in [2.75, 3.05) is 7.11 Å². The van der Waals surface area contributed by atoms with Crippen LogP contribution in [0.15, 0.2) is 49.1 Å². The van der Waals surface area contributed by atoms with E-state index in [1.807, 2.05) is 0 Å². The molecule has 3 aromatic heterocycles. The van der Waals surface area contributed by atoms with Crippen molar-refractivity contribution in [3.8, 4) is 16.9 Å². The summed E-state index contributed by atoms with van der Waals surface area (Å²) in [5, 5.41) is 12.0. The van der Waals surface area contributed by atoms with E-state index in [-0.39, 0.29) is 43.3 Å². The number of nitrogens with zero attached hydrogens (tertiary/aromatic N) is 6. The number of aryl methyl sites for hydroxylation is 2. The number of imidazole rings is 1. The summed E-state index contributed by atoms with van der Waals surface area (Å²) < 4.78 is 51.9. The van der Waals surface area contributed by atoms with Crippen molar-refractivity contribution in [1.82, 2.24) is 28.8 Å². The summed E-state index contributed by atoms with van der Waals surface area (Å²) in [5.74, 6) is 0.295. The fourth-order valence-electron chi connectivity index (χ4n) is 4.69. The van der Waals surface area contributed by atoms with Crippen LogP contribution in [0.5, 0.6) is 5.75 Å². The SMILES string of the molecule is CCn1cc(-c2cc(Cn3ccn(C)c3=N)cc3c2CN(Cc2cc(OC)ccn2)C3=O)c(C(F)(F)F)n1. The van der Waals surface area contributed by atoms with Gasteiger partial charge in [0.2, 0.25) is 5.62 Å². The molecule has 1 N–H and O–H groups in total. The van der Waals surface area contributed by atoms with Gasteiger partial charge in [0.05, 0.1) is 25.9 Å². The monoisotopic (exact) mass is 525 g/mol. The molecule has 4 heterocycles. The fraction of sp³-hybridized carbons (Fsp3) is 0.308. The molecule has 0 saturated heterocycles. The summed E-state index contributed by atoms with van der Waals surface area (Å²) >= 11 is 0. The molecule has 1 aliphatic heterocycles.